The molecule has 4 aromatic rings. The van der Waals surface area contributed by atoms with Crippen molar-refractivity contribution in [3.8, 4) is 5.95 Å². The summed E-state index contributed by atoms with van der Waals surface area (Å²) in [6, 6.07) is 22.0. The van der Waals surface area contributed by atoms with Crippen LogP contribution in [0.4, 0.5) is 23.3 Å². The van der Waals surface area contributed by atoms with E-state index < -0.39 is 0 Å². The van der Waals surface area contributed by atoms with Crippen molar-refractivity contribution >= 4 is 23.3 Å². The predicted molar refractivity (Wildman–Crippen MR) is 110 cm³/mol. The molecule has 0 fully saturated rings. The monoisotopic (exact) mass is 369 g/mol. The molecule has 2 aromatic carbocycles. The van der Waals surface area contributed by atoms with Gasteiger partial charge in [-0.15, -0.1) is 4.98 Å². The lowest BCUT2D eigenvalue weighted by molar-refractivity contribution is -0.603. The molecule has 0 aliphatic heterocycles. The maximum absolute atomic E-state index is 4.57. The van der Waals surface area contributed by atoms with E-state index in [0.29, 0.717) is 17.8 Å². The Morgan fingerprint density at radius 3 is 1.54 bits per heavy atom. The van der Waals surface area contributed by atoms with E-state index in [0.717, 1.165) is 11.4 Å². The van der Waals surface area contributed by atoms with Gasteiger partial charge in [0.1, 0.15) is 0 Å². The van der Waals surface area contributed by atoms with Gasteiger partial charge in [0.25, 0.3) is 0 Å². The summed E-state index contributed by atoms with van der Waals surface area (Å²) >= 11 is 0. The minimum atomic E-state index is 0.472. The number of anilines is 4. The van der Waals surface area contributed by atoms with Crippen LogP contribution in [0.1, 0.15) is 11.1 Å². The third-order valence-electron chi connectivity index (χ3n) is 4.19. The van der Waals surface area contributed by atoms with Crippen LogP contribution in [-0.4, -0.2) is 15.0 Å². The average Bonchev–Trinajstić information content (AvgIpc) is 2.72. The Hall–Kier alpha value is -3.80. The second-order valence-corrected chi connectivity index (χ2v) is 6.55. The summed E-state index contributed by atoms with van der Waals surface area (Å²) in [6.07, 6.45) is 3.81. The van der Waals surface area contributed by atoms with E-state index in [2.05, 4.69) is 39.4 Å². The summed E-state index contributed by atoms with van der Waals surface area (Å²) in [5.41, 5.74) is 4.23. The van der Waals surface area contributed by atoms with E-state index in [1.807, 2.05) is 83.7 Å². The number of benzene rings is 2. The first-order valence-corrected chi connectivity index (χ1v) is 9.06. The third kappa shape index (κ3) is 4.29. The van der Waals surface area contributed by atoms with Crippen LogP contribution >= 0.6 is 0 Å². The lowest BCUT2D eigenvalue weighted by atomic mass is 10.2. The van der Waals surface area contributed by atoms with Crippen molar-refractivity contribution in [2.45, 2.75) is 13.8 Å². The molecule has 0 saturated carbocycles. The van der Waals surface area contributed by atoms with Crippen LogP contribution in [0.3, 0.4) is 0 Å². The topological polar surface area (TPSA) is 66.6 Å². The van der Waals surface area contributed by atoms with Gasteiger partial charge in [-0.05, 0) is 60.2 Å². The standard InChI is InChI=1S/C22H21N6/c1-16-6-10-18(11-7-16)23-20-25-21(24-19-12-8-17(2)9-13-19)27-22(26-20)28-14-4-3-5-15-28/h3-15H,1-2H3,(H2,23,24,25,26,27)/q+1. The Balaban J connectivity index is 1.70. The van der Waals surface area contributed by atoms with Gasteiger partial charge in [0.15, 0.2) is 0 Å². The molecule has 2 heterocycles. The van der Waals surface area contributed by atoms with E-state index in [9.17, 15) is 0 Å². The summed E-state index contributed by atoms with van der Waals surface area (Å²) in [4.78, 5) is 13.7. The first-order chi connectivity index (χ1) is 13.7. The molecule has 6 nitrogen and oxygen atoms in total. The zero-order valence-corrected chi connectivity index (χ0v) is 15.8. The highest BCUT2D eigenvalue weighted by molar-refractivity contribution is 5.58. The molecule has 0 spiro atoms. The largest absolute Gasteiger partial charge is 0.444 e. The molecule has 2 N–H and O–H groups in total. The van der Waals surface area contributed by atoms with E-state index >= 15 is 0 Å². The van der Waals surface area contributed by atoms with Crippen molar-refractivity contribution in [1.82, 2.24) is 15.0 Å². The van der Waals surface area contributed by atoms with Crippen molar-refractivity contribution in [3.05, 3.63) is 90.3 Å². The highest BCUT2D eigenvalue weighted by atomic mass is 15.3. The minimum absolute atomic E-state index is 0.472. The average molecular weight is 369 g/mol. The Bertz CT molecular complexity index is 995. The Kier molecular flexibility index (Phi) is 4.93. The number of nitrogens with zero attached hydrogens (tertiary/aromatic N) is 4. The predicted octanol–water partition coefficient (Wildman–Crippen LogP) is 4.25. The fourth-order valence-corrected chi connectivity index (χ4v) is 2.66. The van der Waals surface area contributed by atoms with Crippen LogP contribution in [0.15, 0.2) is 79.1 Å². The molecule has 2 aromatic heterocycles. The van der Waals surface area contributed by atoms with Gasteiger partial charge in [0.2, 0.25) is 0 Å². The maximum atomic E-state index is 4.57. The number of aromatic nitrogens is 4. The molecular weight excluding hydrogens is 348 g/mol. The molecule has 0 unspecified atom stereocenters. The fourth-order valence-electron chi connectivity index (χ4n) is 2.66. The van der Waals surface area contributed by atoms with Crippen LogP contribution in [0.25, 0.3) is 5.95 Å². The second kappa shape index (κ2) is 7.84. The van der Waals surface area contributed by atoms with Gasteiger partial charge in [-0.25, -0.2) is 4.57 Å². The SMILES string of the molecule is Cc1ccc(Nc2nc(Nc3ccc(C)cc3)nc(-[n+]3ccccc3)n2)cc1. The molecule has 4 rings (SSSR count). The first-order valence-electron chi connectivity index (χ1n) is 9.06. The van der Waals surface area contributed by atoms with E-state index in [4.69, 9.17) is 0 Å². The third-order valence-corrected chi connectivity index (χ3v) is 4.19. The van der Waals surface area contributed by atoms with Crippen molar-refractivity contribution in [2.75, 3.05) is 10.6 Å². The summed E-state index contributed by atoms with van der Waals surface area (Å²) in [6.45, 7) is 4.11. The summed E-state index contributed by atoms with van der Waals surface area (Å²) < 4.78 is 1.85. The van der Waals surface area contributed by atoms with Gasteiger partial charge in [0, 0.05) is 11.4 Å². The molecule has 28 heavy (non-hydrogen) atoms. The van der Waals surface area contributed by atoms with E-state index in [1.54, 1.807) is 0 Å². The molecule has 0 atom stereocenters. The number of pyridine rings is 1. The summed E-state index contributed by atoms with van der Waals surface area (Å²) in [5.74, 6) is 1.47. The van der Waals surface area contributed by atoms with E-state index in [-0.39, 0.29) is 0 Å². The molecule has 0 saturated heterocycles. The molecular formula is C22H21N6+. The molecule has 0 aliphatic carbocycles. The van der Waals surface area contributed by atoms with Gasteiger partial charge in [-0.1, -0.05) is 41.5 Å². The van der Waals surface area contributed by atoms with Crippen molar-refractivity contribution in [2.24, 2.45) is 0 Å². The minimum Gasteiger partial charge on any atom is -0.310 e. The Morgan fingerprint density at radius 1 is 0.607 bits per heavy atom. The lowest BCUT2D eigenvalue weighted by Gasteiger charge is -2.06. The Labute approximate surface area is 164 Å². The molecule has 0 amide bonds. The zero-order chi connectivity index (χ0) is 19.3. The van der Waals surface area contributed by atoms with Crippen molar-refractivity contribution in [3.63, 3.8) is 0 Å². The number of hydrogen-bond acceptors (Lipinski definition) is 5. The number of hydrogen-bond donors (Lipinski definition) is 2. The van der Waals surface area contributed by atoms with Crippen molar-refractivity contribution < 1.29 is 4.57 Å². The quantitative estimate of drug-likeness (QED) is 0.515. The lowest BCUT2D eigenvalue weighted by Crippen LogP contribution is -2.32. The van der Waals surface area contributed by atoms with Gasteiger partial charge >= 0.3 is 17.8 Å². The summed E-state index contributed by atoms with van der Waals surface area (Å²) in [5, 5.41) is 6.52. The molecule has 0 aliphatic rings. The fraction of sp³-hybridized carbons (Fsp3) is 0.0909. The van der Waals surface area contributed by atoms with Crippen LogP contribution in [0.2, 0.25) is 0 Å². The molecule has 0 radical (unpaired) electrons. The van der Waals surface area contributed by atoms with Gasteiger partial charge in [0.05, 0.1) is 12.4 Å². The number of aryl methyl sites for hydroxylation is 2. The second-order valence-electron chi connectivity index (χ2n) is 6.55. The summed E-state index contributed by atoms with van der Waals surface area (Å²) in [7, 11) is 0. The highest BCUT2D eigenvalue weighted by Crippen LogP contribution is 2.18. The normalized spacial score (nSPS) is 10.5. The van der Waals surface area contributed by atoms with Gasteiger partial charge in [-0.2, -0.15) is 0 Å². The highest BCUT2D eigenvalue weighted by Gasteiger charge is 2.18. The molecule has 138 valence electrons. The van der Waals surface area contributed by atoms with Gasteiger partial charge < -0.3 is 10.6 Å². The van der Waals surface area contributed by atoms with Crippen LogP contribution in [0, 0.1) is 13.8 Å². The van der Waals surface area contributed by atoms with Crippen LogP contribution in [-0.2, 0) is 0 Å². The smallest absolute Gasteiger partial charge is 0.310 e. The number of rotatable bonds is 5. The Morgan fingerprint density at radius 2 is 1.07 bits per heavy atom. The van der Waals surface area contributed by atoms with Crippen LogP contribution in [0.5, 0.6) is 0 Å². The molecule has 0 bridgehead atoms. The van der Waals surface area contributed by atoms with Crippen molar-refractivity contribution in [1.29, 1.82) is 0 Å². The van der Waals surface area contributed by atoms with E-state index in [1.165, 1.54) is 11.1 Å². The first kappa shape index (κ1) is 17.6. The molecule has 6 heteroatoms. The number of nitrogens with one attached hydrogen (secondary N) is 2. The van der Waals surface area contributed by atoms with Crippen LogP contribution < -0.4 is 15.2 Å². The van der Waals surface area contributed by atoms with Gasteiger partial charge in [-0.3, -0.25) is 0 Å². The maximum Gasteiger partial charge on any atom is 0.444 e. The zero-order valence-electron chi connectivity index (χ0n) is 15.8.